The highest BCUT2D eigenvalue weighted by atomic mass is 32.2. The van der Waals surface area contributed by atoms with Gasteiger partial charge in [-0.25, -0.2) is 13.2 Å². The van der Waals surface area contributed by atoms with Crippen LogP contribution in [0.1, 0.15) is 61.8 Å². The van der Waals surface area contributed by atoms with Gasteiger partial charge in [-0.05, 0) is 76.6 Å². The molecule has 1 aromatic heterocycles. The Hall–Kier alpha value is -4.50. The van der Waals surface area contributed by atoms with E-state index in [4.69, 9.17) is 14.0 Å². The van der Waals surface area contributed by atoms with Gasteiger partial charge in [-0.3, -0.25) is 4.79 Å². The Morgan fingerprint density at radius 1 is 1.08 bits per heavy atom. The molecule has 1 aliphatic rings. The number of ether oxygens (including phenoxy) is 2. The summed E-state index contributed by atoms with van der Waals surface area (Å²) in [5.74, 6) is -0.219. The van der Waals surface area contributed by atoms with Crippen molar-refractivity contribution in [1.29, 1.82) is 0 Å². The lowest BCUT2D eigenvalue weighted by Gasteiger charge is -2.35. The summed E-state index contributed by atoms with van der Waals surface area (Å²) in [5.41, 5.74) is 1.50. The van der Waals surface area contributed by atoms with E-state index in [1.807, 2.05) is 56.3 Å². The highest BCUT2D eigenvalue weighted by molar-refractivity contribution is 7.89. The first-order valence-corrected chi connectivity index (χ1v) is 19.0. The van der Waals surface area contributed by atoms with Gasteiger partial charge in [0.2, 0.25) is 10.0 Å². The van der Waals surface area contributed by atoms with E-state index in [1.165, 1.54) is 11.4 Å². The highest BCUT2D eigenvalue weighted by Crippen LogP contribution is 2.30. The molecule has 0 fully saturated rings. The van der Waals surface area contributed by atoms with Crippen LogP contribution in [0.2, 0.25) is 0 Å². The maximum absolute atomic E-state index is 14.5. The maximum Gasteiger partial charge on any atom is 0.323 e. The zero-order chi connectivity index (χ0) is 37.6. The van der Waals surface area contributed by atoms with Crippen molar-refractivity contribution in [3.05, 3.63) is 77.7 Å². The third-order valence-electron chi connectivity index (χ3n) is 9.42. The predicted octanol–water partition coefficient (Wildman–Crippen LogP) is 6.20. The van der Waals surface area contributed by atoms with Crippen molar-refractivity contribution >= 4 is 44.1 Å². The first-order valence-electron chi connectivity index (χ1n) is 17.6. The number of aliphatic hydroxyl groups excluding tert-OH is 1. The Balaban J connectivity index is 1.42. The van der Waals surface area contributed by atoms with Crippen LogP contribution in [0.25, 0.3) is 10.8 Å². The third-order valence-corrected chi connectivity index (χ3v) is 11.5. The number of fused-ring (bicyclic) bond motifs is 2. The molecule has 52 heavy (non-hydrogen) atoms. The number of hydrogen-bond donors (Lipinski definition) is 3. The fraction of sp³-hybridized carbons (Fsp3) is 0.447. The van der Waals surface area contributed by atoms with E-state index in [1.54, 1.807) is 43.9 Å². The van der Waals surface area contributed by atoms with E-state index in [2.05, 4.69) is 15.8 Å². The standard InChI is InChI=1S/C38H49N5O8S/c1-24-21-43(25(2)23-44)37(45)32-20-30(39-38(46)40-33-16-11-14-29-13-7-8-15-31(29)33)17-18-34(32)50-26(3)12-9-10-19-49-35(24)22-42(6)52(47,48)36-27(4)41-51-28(36)5/h7-8,11,13-18,20,24-26,35,44H,9-10,12,19,21-23H2,1-6H3,(H2,39,40,46)/t24-,25+,26-,35-/m0/s1. The second-order valence-corrected chi connectivity index (χ2v) is 15.5. The number of carbonyl (C=O) groups is 2. The summed E-state index contributed by atoms with van der Waals surface area (Å²) in [6.45, 7) is 8.92. The maximum atomic E-state index is 14.5. The lowest BCUT2D eigenvalue weighted by atomic mass is 10.0. The summed E-state index contributed by atoms with van der Waals surface area (Å²) in [5, 5.41) is 21.7. The number of rotatable bonds is 8. The number of hydrogen-bond acceptors (Lipinski definition) is 9. The van der Waals surface area contributed by atoms with Crippen LogP contribution in [0, 0.1) is 19.8 Å². The molecule has 1 aliphatic heterocycles. The molecular formula is C38H49N5O8S. The number of nitrogens with one attached hydrogen (secondary N) is 2. The van der Waals surface area contributed by atoms with E-state index >= 15 is 0 Å². The molecule has 14 heteroatoms. The molecule has 3 amide bonds. The zero-order valence-corrected chi connectivity index (χ0v) is 31.4. The highest BCUT2D eigenvalue weighted by Gasteiger charge is 2.34. The molecule has 3 N–H and O–H groups in total. The number of likely N-dealkylation sites (N-methyl/N-ethyl adjacent to an activating group) is 1. The van der Waals surface area contributed by atoms with Crippen molar-refractivity contribution in [3.8, 4) is 5.75 Å². The van der Waals surface area contributed by atoms with Crippen LogP contribution in [-0.4, -0.2) is 91.4 Å². The van der Waals surface area contributed by atoms with Crippen LogP contribution in [0.15, 0.2) is 70.1 Å². The topological polar surface area (TPSA) is 164 Å². The Morgan fingerprint density at radius 2 is 1.83 bits per heavy atom. The van der Waals surface area contributed by atoms with Crippen molar-refractivity contribution in [2.45, 2.75) is 77.0 Å². The molecule has 5 rings (SSSR count). The Kier molecular flexibility index (Phi) is 12.6. The van der Waals surface area contributed by atoms with Crippen LogP contribution in [-0.2, 0) is 14.8 Å². The molecule has 0 saturated heterocycles. The molecule has 0 radical (unpaired) electrons. The first-order chi connectivity index (χ1) is 24.8. The molecule has 0 bridgehead atoms. The minimum absolute atomic E-state index is 0.0130. The summed E-state index contributed by atoms with van der Waals surface area (Å²) < 4.78 is 46.2. The van der Waals surface area contributed by atoms with Crippen LogP contribution < -0.4 is 15.4 Å². The molecule has 0 unspecified atom stereocenters. The number of nitrogens with zero attached hydrogens (tertiary/aromatic N) is 3. The Bertz CT molecular complexity index is 1960. The van der Waals surface area contributed by atoms with Crippen molar-refractivity contribution in [3.63, 3.8) is 0 Å². The quantitative estimate of drug-likeness (QED) is 0.191. The first kappa shape index (κ1) is 38.7. The second-order valence-electron chi connectivity index (χ2n) is 13.6. The number of carbonyl (C=O) groups excluding carboxylic acids is 2. The van der Waals surface area contributed by atoms with Crippen molar-refractivity contribution in [2.24, 2.45) is 5.92 Å². The van der Waals surface area contributed by atoms with Gasteiger partial charge in [0.1, 0.15) is 16.3 Å². The summed E-state index contributed by atoms with van der Waals surface area (Å²) in [6.07, 6.45) is 1.34. The van der Waals surface area contributed by atoms with Gasteiger partial charge in [0, 0.05) is 43.7 Å². The molecule has 13 nitrogen and oxygen atoms in total. The molecule has 4 atom stereocenters. The number of amides is 3. The largest absolute Gasteiger partial charge is 0.490 e. The van der Waals surface area contributed by atoms with Crippen molar-refractivity contribution in [2.75, 3.05) is 44.0 Å². The zero-order valence-electron chi connectivity index (χ0n) is 30.6. The number of urea groups is 1. The van der Waals surface area contributed by atoms with Gasteiger partial charge in [-0.1, -0.05) is 48.5 Å². The summed E-state index contributed by atoms with van der Waals surface area (Å²) in [6, 6.07) is 17.2. The molecule has 2 heterocycles. The minimum Gasteiger partial charge on any atom is -0.490 e. The van der Waals surface area contributed by atoms with E-state index in [9.17, 15) is 23.1 Å². The number of benzene rings is 3. The smallest absolute Gasteiger partial charge is 0.323 e. The number of aryl methyl sites for hydroxylation is 2. The van der Waals surface area contributed by atoms with Crippen LogP contribution in [0.5, 0.6) is 5.75 Å². The monoisotopic (exact) mass is 735 g/mol. The van der Waals surface area contributed by atoms with Crippen molar-refractivity contribution in [1.82, 2.24) is 14.4 Å². The Morgan fingerprint density at radius 3 is 2.56 bits per heavy atom. The summed E-state index contributed by atoms with van der Waals surface area (Å²) in [7, 11) is -2.47. The predicted molar refractivity (Wildman–Crippen MR) is 199 cm³/mol. The van der Waals surface area contributed by atoms with Crippen LogP contribution in [0.4, 0.5) is 16.2 Å². The fourth-order valence-corrected chi connectivity index (χ4v) is 7.90. The molecule has 280 valence electrons. The van der Waals surface area contributed by atoms with E-state index in [0.29, 0.717) is 36.6 Å². The number of aliphatic hydroxyl groups is 1. The van der Waals surface area contributed by atoms with Gasteiger partial charge < -0.3 is 34.6 Å². The van der Waals surface area contributed by atoms with Gasteiger partial charge in [0.05, 0.1) is 36.1 Å². The van der Waals surface area contributed by atoms with Gasteiger partial charge in [-0.2, -0.15) is 4.31 Å². The fourth-order valence-electron chi connectivity index (χ4n) is 6.43. The third kappa shape index (κ3) is 8.92. The summed E-state index contributed by atoms with van der Waals surface area (Å²) in [4.78, 5) is 29.3. The van der Waals surface area contributed by atoms with Crippen LogP contribution >= 0.6 is 0 Å². The van der Waals surface area contributed by atoms with E-state index in [-0.39, 0.29) is 53.6 Å². The van der Waals surface area contributed by atoms with Gasteiger partial charge in [-0.15, -0.1) is 0 Å². The minimum atomic E-state index is -3.96. The molecule has 0 aliphatic carbocycles. The SMILES string of the molecule is Cc1noc(C)c1S(=O)(=O)N(C)C[C@@H]1OCCCC[C@H](C)Oc2ccc(NC(=O)Nc3cccc4ccccc34)cc2C(=O)N([C@H](C)CO)C[C@@H]1C. The normalized spacial score (nSPS) is 19.8. The molecular weight excluding hydrogens is 687 g/mol. The average Bonchev–Trinajstić information content (AvgIpc) is 3.47. The van der Waals surface area contributed by atoms with Gasteiger partial charge in [0.25, 0.3) is 5.91 Å². The van der Waals surface area contributed by atoms with E-state index in [0.717, 1.165) is 17.2 Å². The average molecular weight is 736 g/mol. The molecule has 3 aromatic carbocycles. The second kappa shape index (κ2) is 16.9. The van der Waals surface area contributed by atoms with Crippen molar-refractivity contribution < 1.29 is 37.1 Å². The molecule has 0 spiro atoms. The lowest BCUT2D eigenvalue weighted by Crippen LogP contribution is -2.48. The molecule has 4 aromatic rings. The lowest BCUT2D eigenvalue weighted by molar-refractivity contribution is -0.00835. The Labute approximate surface area is 305 Å². The number of anilines is 2. The summed E-state index contributed by atoms with van der Waals surface area (Å²) >= 11 is 0. The van der Waals surface area contributed by atoms with Gasteiger partial charge >= 0.3 is 6.03 Å². The van der Waals surface area contributed by atoms with Gasteiger partial charge in [0.15, 0.2) is 5.76 Å². The number of sulfonamides is 1. The van der Waals surface area contributed by atoms with E-state index < -0.39 is 34.1 Å². The van der Waals surface area contributed by atoms with Crippen LogP contribution in [0.3, 0.4) is 0 Å². The number of aromatic nitrogens is 1. The molecule has 0 saturated carbocycles.